The first-order valence-corrected chi connectivity index (χ1v) is 6.46. The summed E-state index contributed by atoms with van der Waals surface area (Å²) in [6.07, 6.45) is 0.655. The van der Waals surface area contributed by atoms with Crippen molar-refractivity contribution in [2.45, 2.75) is 13.3 Å². The molecule has 0 unspecified atom stereocenters. The minimum atomic E-state index is -1.43. The number of hydrogen-bond donors (Lipinski definition) is 1. The van der Waals surface area contributed by atoms with Crippen molar-refractivity contribution in [3.05, 3.63) is 47.4 Å². The second-order valence-electron chi connectivity index (χ2n) is 4.44. The Bertz CT molecular complexity index is 696. The number of aromatic nitrogens is 1. The van der Waals surface area contributed by atoms with Gasteiger partial charge in [0.1, 0.15) is 34.6 Å². The molecule has 0 saturated carbocycles. The van der Waals surface area contributed by atoms with Crippen LogP contribution >= 0.6 is 0 Å². The second-order valence-corrected chi connectivity index (χ2v) is 4.44. The molecule has 1 aromatic carbocycles. The van der Waals surface area contributed by atoms with Crippen LogP contribution in [0.3, 0.4) is 0 Å². The van der Waals surface area contributed by atoms with E-state index in [1.807, 2.05) is 6.92 Å². The quantitative estimate of drug-likeness (QED) is 0.915. The first-order chi connectivity index (χ1) is 10.4. The largest absolute Gasteiger partial charge is 0.493 e. The van der Waals surface area contributed by atoms with Crippen molar-refractivity contribution < 1.29 is 27.8 Å². The molecule has 0 radical (unpaired) electrons. The lowest BCUT2D eigenvalue weighted by Gasteiger charge is -2.10. The zero-order valence-corrected chi connectivity index (χ0v) is 11.6. The summed E-state index contributed by atoms with van der Waals surface area (Å²) in [7, 11) is 0. The molecule has 0 spiro atoms. The lowest BCUT2D eigenvalue weighted by atomic mass is 10.1. The highest BCUT2D eigenvalue weighted by Gasteiger charge is 2.20. The van der Waals surface area contributed by atoms with Gasteiger partial charge in [-0.15, -0.1) is 0 Å². The minimum Gasteiger partial charge on any atom is -0.493 e. The molecule has 0 bridgehead atoms. The number of carbonyl (C=O) groups is 1. The van der Waals surface area contributed by atoms with Crippen molar-refractivity contribution in [3.63, 3.8) is 0 Å². The summed E-state index contributed by atoms with van der Waals surface area (Å²) in [6, 6.07) is 3.52. The molecule has 4 nitrogen and oxygen atoms in total. The number of pyridine rings is 1. The van der Waals surface area contributed by atoms with Crippen LogP contribution in [0, 0.1) is 17.5 Å². The number of halogens is 3. The van der Waals surface area contributed by atoms with Crippen molar-refractivity contribution >= 4 is 5.97 Å². The number of benzene rings is 1. The highest BCUT2D eigenvalue weighted by molar-refractivity contribution is 5.86. The van der Waals surface area contributed by atoms with E-state index in [0.717, 1.165) is 24.3 Å². The molecule has 0 aliphatic heterocycles. The molecule has 0 amide bonds. The van der Waals surface area contributed by atoms with Gasteiger partial charge in [0.25, 0.3) is 0 Å². The summed E-state index contributed by atoms with van der Waals surface area (Å²) in [4.78, 5) is 14.3. The van der Waals surface area contributed by atoms with Crippen LogP contribution in [0.2, 0.25) is 0 Å². The van der Waals surface area contributed by atoms with Crippen molar-refractivity contribution in [3.8, 4) is 17.0 Å². The number of nitrogens with zero attached hydrogens (tertiary/aromatic N) is 1. The molecular formula is C15H12F3NO3. The van der Waals surface area contributed by atoms with Gasteiger partial charge in [-0.2, -0.15) is 0 Å². The predicted octanol–water partition coefficient (Wildman–Crippen LogP) is 3.65. The zero-order valence-electron chi connectivity index (χ0n) is 11.6. The Morgan fingerprint density at radius 2 is 1.82 bits per heavy atom. The molecule has 116 valence electrons. The van der Waals surface area contributed by atoms with E-state index in [2.05, 4.69) is 4.98 Å². The maximum Gasteiger partial charge on any atom is 0.354 e. The lowest BCUT2D eigenvalue weighted by Crippen LogP contribution is -2.05. The first-order valence-electron chi connectivity index (χ1n) is 6.46. The predicted molar refractivity (Wildman–Crippen MR) is 72.3 cm³/mol. The van der Waals surface area contributed by atoms with Crippen LogP contribution < -0.4 is 4.74 Å². The average Bonchev–Trinajstić information content (AvgIpc) is 2.46. The molecule has 0 atom stereocenters. The van der Waals surface area contributed by atoms with E-state index in [1.165, 1.54) is 0 Å². The van der Waals surface area contributed by atoms with Gasteiger partial charge in [-0.3, -0.25) is 0 Å². The molecule has 22 heavy (non-hydrogen) atoms. The molecule has 2 aromatic rings. The van der Waals surface area contributed by atoms with Gasteiger partial charge >= 0.3 is 5.97 Å². The van der Waals surface area contributed by atoms with Gasteiger partial charge in [0.05, 0.1) is 12.2 Å². The normalized spacial score (nSPS) is 10.5. The fourth-order valence-corrected chi connectivity index (χ4v) is 1.82. The van der Waals surface area contributed by atoms with E-state index in [-0.39, 0.29) is 12.4 Å². The maximum absolute atomic E-state index is 14.1. The van der Waals surface area contributed by atoms with Gasteiger partial charge in [-0.1, -0.05) is 6.92 Å². The Balaban J connectivity index is 2.53. The van der Waals surface area contributed by atoms with E-state index < -0.39 is 40.4 Å². The van der Waals surface area contributed by atoms with E-state index >= 15 is 0 Å². The van der Waals surface area contributed by atoms with E-state index in [1.54, 1.807) is 0 Å². The summed E-state index contributed by atoms with van der Waals surface area (Å²) in [5.74, 6) is -4.65. The van der Waals surface area contributed by atoms with Crippen molar-refractivity contribution in [2.75, 3.05) is 6.61 Å². The number of ether oxygens (including phenoxy) is 1. The van der Waals surface area contributed by atoms with Gasteiger partial charge in [0, 0.05) is 12.1 Å². The van der Waals surface area contributed by atoms with Crippen LogP contribution in [0.25, 0.3) is 11.3 Å². The number of hydrogen-bond acceptors (Lipinski definition) is 3. The van der Waals surface area contributed by atoms with E-state index in [0.29, 0.717) is 6.42 Å². The van der Waals surface area contributed by atoms with Gasteiger partial charge in [-0.05, 0) is 18.6 Å². The highest BCUT2D eigenvalue weighted by Crippen LogP contribution is 2.30. The maximum atomic E-state index is 14.1. The van der Waals surface area contributed by atoms with Crippen molar-refractivity contribution in [1.82, 2.24) is 4.98 Å². The Kier molecular flexibility index (Phi) is 4.65. The molecular weight excluding hydrogens is 299 g/mol. The molecule has 0 fully saturated rings. The monoisotopic (exact) mass is 311 g/mol. The molecule has 0 aliphatic carbocycles. The summed E-state index contributed by atoms with van der Waals surface area (Å²) in [5.41, 5.74) is -1.94. The van der Waals surface area contributed by atoms with Crippen LogP contribution in [-0.2, 0) is 0 Å². The van der Waals surface area contributed by atoms with Crippen LogP contribution in [0.4, 0.5) is 13.2 Å². The Labute approximate surface area is 124 Å². The third kappa shape index (κ3) is 3.19. The fourth-order valence-electron chi connectivity index (χ4n) is 1.82. The van der Waals surface area contributed by atoms with Crippen LogP contribution in [0.15, 0.2) is 24.3 Å². The molecule has 0 aliphatic rings. The molecule has 7 heteroatoms. The topological polar surface area (TPSA) is 59.4 Å². The van der Waals surface area contributed by atoms with E-state index in [9.17, 15) is 18.0 Å². The number of carboxylic acids is 1. The first kappa shape index (κ1) is 15.8. The van der Waals surface area contributed by atoms with Crippen LogP contribution in [0.5, 0.6) is 5.75 Å². The smallest absolute Gasteiger partial charge is 0.354 e. The van der Waals surface area contributed by atoms with E-state index in [4.69, 9.17) is 9.84 Å². The average molecular weight is 311 g/mol. The summed E-state index contributed by atoms with van der Waals surface area (Å²) >= 11 is 0. The van der Waals surface area contributed by atoms with Crippen molar-refractivity contribution in [2.24, 2.45) is 0 Å². The Morgan fingerprint density at radius 1 is 1.18 bits per heavy atom. The summed E-state index contributed by atoms with van der Waals surface area (Å²) in [6.45, 7) is 2.11. The Morgan fingerprint density at radius 3 is 2.36 bits per heavy atom. The molecule has 2 rings (SSSR count). The van der Waals surface area contributed by atoms with Crippen LogP contribution in [0.1, 0.15) is 23.8 Å². The zero-order chi connectivity index (χ0) is 16.3. The minimum absolute atomic E-state index is 0.0320. The SMILES string of the molecule is CCCOc1cc(F)c(-c2nc(C(=O)O)ccc2F)c(F)c1. The molecule has 1 heterocycles. The standard InChI is InChI=1S/C15H12F3NO3/c1-2-5-22-8-6-10(17)13(11(18)7-8)14-9(16)3-4-12(19-14)15(20)21/h3-4,6-7H,2,5H2,1H3,(H,20,21). The molecule has 1 aromatic heterocycles. The fraction of sp³-hybridized carbons (Fsp3) is 0.200. The third-order valence-corrected chi connectivity index (χ3v) is 2.79. The lowest BCUT2D eigenvalue weighted by molar-refractivity contribution is 0.0690. The number of rotatable bonds is 5. The second kappa shape index (κ2) is 6.46. The molecule has 0 saturated heterocycles. The Hall–Kier alpha value is -2.57. The highest BCUT2D eigenvalue weighted by atomic mass is 19.1. The van der Waals surface area contributed by atoms with Crippen molar-refractivity contribution in [1.29, 1.82) is 0 Å². The third-order valence-electron chi connectivity index (χ3n) is 2.79. The van der Waals surface area contributed by atoms with Gasteiger partial charge in [0.15, 0.2) is 0 Å². The summed E-state index contributed by atoms with van der Waals surface area (Å²) in [5, 5.41) is 8.83. The number of aromatic carboxylic acids is 1. The van der Waals surface area contributed by atoms with Crippen LogP contribution in [-0.4, -0.2) is 22.7 Å². The summed E-state index contributed by atoms with van der Waals surface area (Å²) < 4.78 is 47.0. The van der Waals surface area contributed by atoms with Gasteiger partial charge in [-0.25, -0.2) is 22.9 Å². The van der Waals surface area contributed by atoms with Gasteiger partial charge in [0.2, 0.25) is 0 Å². The molecule has 1 N–H and O–H groups in total. The number of carboxylic acid groups (broad SMARTS) is 1. The van der Waals surface area contributed by atoms with Gasteiger partial charge < -0.3 is 9.84 Å².